The maximum atomic E-state index is 12.5. The van der Waals surface area contributed by atoms with Crippen LogP contribution in [-0.2, 0) is 18.4 Å². The van der Waals surface area contributed by atoms with Gasteiger partial charge in [0.15, 0.2) is 0 Å². The number of hydrogen-bond acceptors (Lipinski definition) is 4. The van der Waals surface area contributed by atoms with Crippen LogP contribution in [-0.4, -0.2) is 39.2 Å². The summed E-state index contributed by atoms with van der Waals surface area (Å²) in [5.74, 6) is 2.13. The monoisotopic (exact) mass is 342 g/mol. The van der Waals surface area contributed by atoms with Crippen LogP contribution in [0.2, 0.25) is 0 Å². The molecular formula is C19H26N4O2. The van der Waals surface area contributed by atoms with Crippen molar-refractivity contribution >= 4 is 5.91 Å². The van der Waals surface area contributed by atoms with E-state index < -0.39 is 0 Å². The van der Waals surface area contributed by atoms with Crippen molar-refractivity contribution in [2.75, 3.05) is 13.1 Å². The second kappa shape index (κ2) is 6.02. The van der Waals surface area contributed by atoms with Crippen molar-refractivity contribution in [3.05, 3.63) is 41.1 Å². The lowest BCUT2D eigenvalue weighted by Gasteiger charge is -2.39. The maximum Gasteiger partial charge on any atom is 0.228 e. The van der Waals surface area contributed by atoms with Crippen LogP contribution in [0.3, 0.4) is 0 Å². The number of aryl methyl sites for hydroxylation is 3. The highest BCUT2D eigenvalue weighted by atomic mass is 16.3. The molecule has 6 heteroatoms. The third-order valence-electron chi connectivity index (χ3n) is 5.84. The van der Waals surface area contributed by atoms with Crippen LogP contribution < -0.4 is 5.32 Å². The molecule has 4 rings (SSSR count). The van der Waals surface area contributed by atoms with E-state index in [4.69, 9.17) is 4.42 Å². The molecule has 2 aliphatic rings. The second-order valence-corrected chi connectivity index (χ2v) is 7.70. The molecule has 6 nitrogen and oxygen atoms in total. The highest BCUT2D eigenvalue weighted by Gasteiger charge is 2.46. The summed E-state index contributed by atoms with van der Waals surface area (Å²) < 4.78 is 7.58. The number of likely N-dealkylation sites (tertiary alicyclic amines) is 1. The molecule has 0 bridgehead atoms. The molecule has 0 radical (unpaired) electrons. The molecule has 1 N–H and O–H groups in total. The first-order valence-electron chi connectivity index (χ1n) is 9.03. The molecule has 25 heavy (non-hydrogen) atoms. The molecule has 2 aromatic heterocycles. The van der Waals surface area contributed by atoms with E-state index in [1.807, 2.05) is 26.4 Å². The fourth-order valence-electron chi connectivity index (χ4n) is 4.19. The smallest absolute Gasteiger partial charge is 0.228 e. The van der Waals surface area contributed by atoms with Crippen LogP contribution in [0.5, 0.6) is 0 Å². The minimum Gasteiger partial charge on any atom is -0.465 e. The largest absolute Gasteiger partial charge is 0.465 e. The molecule has 2 saturated heterocycles. The average Bonchev–Trinajstić information content (AvgIpc) is 3.22. The van der Waals surface area contributed by atoms with Gasteiger partial charge in [-0.05, 0) is 44.7 Å². The molecule has 1 unspecified atom stereocenters. The van der Waals surface area contributed by atoms with Crippen molar-refractivity contribution < 1.29 is 9.21 Å². The van der Waals surface area contributed by atoms with Gasteiger partial charge in [0.1, 0.15) is 11.5 Å². The number of rotatable bonds is 3. The molecule has 0 saturated carbocycles. The van der Waals surface area contributed by atoms with Gasteiger partial charge in [0.2, 0.25) is 5.91 Å². The summed E-state index contributed by atoms with van der Waals surface area (Å²) in [5.41, 5.74) is 2.19. The van der Waals surface area contributed by atoms with E-state index in [1.165, 1.54) is 5.56 Å². The van der Waals surface area contributed by atoms with Gasteiger partial charge < -0.3 is 9.73 Å². The zero-order valence-corrected chi connectivity index (χ0v) is 15.2. The lowest BCUT2D eigenvalue weighted by Crippen LogP contribution is -2.50. The molecule has 2 aliphatic heterocycles. The fraction of sp³-hybridized carbons (Fsp3) is 0.579. The van der Waals surface area contributed by atoms with Gasteiger partial charge in [-0.25, -0.2) is 0 Å². The summed E-state index contributed by atoms with van der Waals surface area (Å²) in [6.45, 7) is 6.92. The Bertz CT molecular complexity index is 764. The molecule has 1 spiro atoms. The first-order valence-corrected chi connectivity index (χ1v) is 9.03. The molecule has 0 aliphatic carbocycles. The number of hydrogen-bond donors (Lipinski definition) is 1. The third kappa shape index (κ3) is 3.11. The van der Waals surface area contributed by atoms with E-state index in [0.717, 1.165) is 56.0 Å². The van der Waals surface area contributed by atoms with Gasteiger partial charge in [-0.15, -0.1) is 0 Å². The van der Waals surface area contributed by atoms with Gasteiger partial charge >= 0.3 is 0 Å². The summed E-state index contributed by atoms with van der Waals surface area (Å²) in [7, 11) is 1.89. The van der Waals surface area contributed by atoms with Gasteiger partial charge in [-0.1, -0.05) is 0 Å². The lowest BCUT2D eigenvalue weighted by molar-refractivity contribution is -0.121. The predicted molar refractivity (Wildman–Crippen MR) is 94.1 cm³/mol. The Balaban J connectivity index is 1.39. The number of piperidine rings is 1. The highest BCUT2D eigenvalue weighted by molar-refractivity contribution is 5.87. The molecular weight excluding hydrogens is 316 g/mol. The number of furan rings is 1. The van der Waals surface area contributed by atoms with E-state index in [1.54, 1.807) is 4.68 Å². The Kier molecular flexibility index (Phi) is 3.95. The summed E-state index contributed by atoms with van der Waals surface area (Å²) in [6, 6.07) is 2.13. The van der Waals surface area contributed by atoms with Crippen molar-refractivity contribution in [2.45, 2.75) is 51.1 Å². The summed E-state index contributed by atoms with van der Waals surface area (Å²) in [4.78, 5) is 14.9. The summed E-state index contributed by atoms with van der Waals surface area (Å²) in [5, 5.41) is 7.51. The van der Waals surface area contributed by atoms with Crippen LogP contribution in [0.1, 0.15) is 47.8 Å². The minimum atomic E-state index is -0.0596. The quantitative estimate of drug-likeness (QED) is 0.929. The van der Waals surface area contributed by atoms with Crippen LogP contribution >= 0.6 is 0 Å². The van der Waals surface area contributed by atoms with E-state index in [-0.39, 0.29) is 17.4 Å². The Hall–Kier alpha value is -2.08. The molecule has 2 aromatic rings. The van der Waals surface area contributed by atoms with Crippen LogP contribution in [0.4, 0.5) is 0 Å². The van der Waals surface area contributed by atoms with Crippen LogP contribution in [0, 0.1) is 13.8 Å². The Morgan fingerprint density at radius 3 is 2.72 bits per heavy atom. The lowest BCUT2D eigenvalue weighted by atomic mass is 9.82. The zero-order chi connectivity index (χ0) is 17.6. The van der Waals surface area contributed by atoms with Gasteiger partial charge in [0.25, 0.3) is 0 Å². The first-order chi connectivity index (χ1) is 11.9. The van der Waals surface area contributed by atoms with Gasteiger partial charge in [0, 0.05) is 37.4 Å². The van der Waals surface area contributed by atoms with Crippen LogP contribution in [0.15, 0.2) is 22.9 Å². The van der Waals surface area contributed by atoms with E-state index in [0.29, 0.717) is 0 Å². The average molecular weight is 342 g/mol. The highest BCUT2D eigenvalue weighted by Crippen LogP contribution is 2.39. The summed E-state index contributed by atoms with van der Waals surface area (Å²) in [6.07, 6.45) is 6.65. The molecule has 2 fully saturated rings. The number of carbonyl (C=O) groups excluding carboxylic acids is 1. The van der Waals surface area contributed by atoms with Crippen molar-refractivity contribution in [1.29, 1.82) is 0 Å². The van der Waals surface area contributed by atoms with Gasteiger partial charge in [0.05, 0.1) is 18.7 Å². The third-order valence-corrected chi connectivity index (χ3v) is 5.84. The minimum absolute atomic E-state index is 0.0525. The van der Waals surface area contributed by atoms with Crippen molar-refractivity contribution in [3.8, 4) is 0 Å². The molecule has 1 amide bonds. The predicted octanol–water partition coefficient (Wildman–Crippen LogP) is 2.27. The molecule has 134 valence electrons. The normalized spacial score (nSPS) is 23.3. The maximum absolute atomic E-state index is 12.5. The number of amides is 1. The molecule has 4 heterocycles. The van der Waals surface area contributed by atoms with Crippen molar-refractivity contribution in [1.82, 2.24) is 20.0 Å². The number of nitrogens with zero attached hydrogens (tertiary/aromatic N) is 3. The van der Waals surface area contributed by atoms with Gasteiger partial charge in [-0.3, -0.25) is 14.4 Å². The topological polar surface area (TPSA) is 63.3 Å². The van der Waals surface area contributed by atoms with E-state index in [9.17, 15) is 4.79 Å². The molecule has 0 aromatic carbocycles. The number of nitrogens with one attached hydrogen (secondary N) is 1. The van der Waals surface area contributed by atoms with Crippen molar-refractivity contribution in [3.63, 3.8) is 0 Å². The fourth-order valence-corrected chi connectivity index (χ4v) is 4.19. The van der Waals surface area contributed by atoms with Crippen LogP contribution in [0.25, 0.3) is 0 Å². The molecule has 1 atom stereocenters. The number of carbonyl (C=O) groups is 1. The van der Waals surface area contributed by atoms with Gasteiger partial charge in [-0.2, -0.15) is 5.10 Å². The zero-order valence-electron chi connectivity index (χ0n) is 15.2. The standard InChI is InChI=1S/C19H26N4O2/c1-13-8-16(25-14(13)2)12-23-6-4-19(5-7-23)9-17(18(24)21-19)15-10-20-22(3)11-15/h8,10-11,17H,4-7,9,12H2,1-3H3,(H,21,24). The SMILES string of the molecule is Cc1cc(CN2CCC3(CC2)CC(c2cnn(C)c2)C(=O)N3)oc1C. The first kappa shape index (κ1) is 16.4. The number of aromatic nitrogens is 2. The van der Waals surface area contributed by atoms with Crippen molar-refractivity contribution in [2.24, 2.45) is 7.05 Å². The van der Waals surface area contributed by atoms with E-state index >= 15 is 0 Å². The second-order valence-electron chi connectivity index (χ2n) is 7.70. The Morgan fingerprint density at radius 2 is 2.12 bits per heavy atom. The Morgan fingerprint density at radius 1 is 1.36 bits per heavy atom. The van der Waals surface area contributed by atoms with E-state index in [2.05, 4.69) is 28.3 Å². The summed E-state index contributed by atoms with van der Waals surface area (Å²) >= 11 is 0. The Labute approximate surface area is 148 Å².